The molecule has 0 aliphatic heterocycles. The largest absolute Gasteiger partial charge is 0.360 e. The normalized spacial score (nSPS) is 18.2. The monoisotopic (exact) mass is 386 g/mol. The van der Waals surface area contributed by atoms with E-state index in [4.69, 9.17) is 35.4 Å². The highest BCUT2D eigenvalue weighted by molar-refractivity contribution is 7.80. The molecule has 0 atom stereocenters. The van der Waals surface area contributed by atoms with Crippen LogP contribution >= 0.6 is 35.4 Å². The van der Waals surface area contributed by atoms with Gasteiger partial charge in [-0.25, -0.2) is 0 Å². The zero-order chi connectivity index (χ0) is 17.2. The summed E-state index contributed by atoms with van der Waals surface area (Å²) in [4.78, 5) is 0. The topological polar surface area (TPSA) is 24.1 Å². The summed E-state index contributed by atoms with van der Waals surface area (Å²) in [6.07, 6.45) is 14.6. The number of benzene rings is 1. The second-order valence-electron chi connectivity index (χ2n) is 6.68. The van der Waals surface area contributed by atoms with Gasteiger partial charge in [0.15, 0.2) is 5.11 Å². The van der Waals surface area contributed by atoms with E-state index in [0.29, 0.717) is 21.2 Å². The van der Waals surface area contributed by atoms with Crippen molar-refractivity contribution >= 4 is 46.2 Å². The summed E-state index contributed by atoms with van der Waals surface area (Å²) in [7, 11) is 0. The van der Waals surface area contributed by atoms with Gasteiger partial charge in [-0.15, -0.1) is 0 Å². The Kier molecular flexibility index (Phi) is 9.22. The van der Waals surface area contributed by atoms with Gasteiger partial charge in [-0.3, -0.25) is 0 Å². The van der Waals surface area contributed by atoms with Crippen molar-refractivity contribution in [1.29, 1.82) is 0 Å². The van der Waals surface area contributed by atoms with E-state index in [2.05, 4.69) is 10.6 Å². The molecular weight excluding hydrogens is 359 g/mol. The van der Waals surface area contributed by atoms with Crippen molar-refractivity contribution in [3.05, 3.63) is 28.2 Å². The predicted molar refractivity (Wildman–Crippen MR) is 110 cm³/mol. The average molecular weight is 387 g/mol. The third-order valence-electron chi connectivity index (χ3n) is 4.62. The average Bonchev–Trinajstić information content (AvgIpc) is 2.53. The second kappa shape index (κ2) is 11.2. The van der Waals surface area contributed by atoms with Crippen LogP contribution in [-0.2, 0) is 0 Å². The number of halogens is 2. The summed E-state index contributed by atoms with van der Waals surface area (Å²) in [5.74, 6) is 0. The van der Waals surface area contributed by atoms with Crippen molar-refractivity contribution in [3.8, 4) is 0 Å². The Morgan fingerprint density at radius 3 is 1.96 bits per heavy atom. The third kappa shape index (κ3) is 7.58. The fourth-order valence-corrected chi connectivity index (χ4v) is 3.97. The van der Waals surface area contributed by atoms with Crippen LogP contribution in [0.1, 0.15) is 70.6 Å². The van der Waals surface area contributed by atoms with E-state index in [1.54, 1.807) is 6.07 Å². The fourth-order valence-electron chi connectivity index (χ4n) is 3.24. The smallest absolute Gasteiger partial charge is 0.171 e. The highest BCUT2D eigenvalue weighted by atomic mass is 35.5. The van der Waals surface area contributed by atoms with E-state index in [0.717, 1.165) is 5.69 Å². The van der Waals surface area contributed by atoms with E-state index >= 15 is 0 Å². The first-order valence-electron chi connectivity index (χ1n) is 9.18. The highest BCUT2D eigenvalue weighted by Crippen LogP contribution is 2.25. The van der Waals surface area contributed by atoms with Crippen molar-refractivity contribution in [2.45, 2.75) is 76.7 Å². The Bertz CT molecular complexity index is 510. The Labute approximate surface area is 161 Å². The molecule has 1 aliphatic carbocycles. The van der Waals surface area contributed by atoms with Crippen molar-refractivity contribution in [3.63, 3.8) is 0 Å². The molecule has 0 unspecified atom stereocenters. The first-order chi connectivity index (χ1) is 11.6. The van der Waals surface area contributed by atoms with Crippen molar-refractivity contribution in [1.82, 2.24) is 5.32 Å². The molecule has 2 nitrogen and oxygen atoms in total. The number of thiocarbonyl (C=S) groups is 1. The van der Waals surface area contributed by atoms with E-state index in [-0.39, 0.29) is 0 Å². The molecule has 0 heterocycles. The van der Waals surface area contributed by atoms with Gasteiger partial charge in [-0.1, -0.05) is 81.0 Å². The molecule has 1 fully saturated rings. The van der Waals surface area contributed by atoms with Gasteiger partial charge in [-0.2, -0.15) is 0 Å². The molecule has 0 spiro atoms. The van der Waals surface area contributed by atoms with Gasteiger partial charge < -0.3 is 10.6 Å². The molecule has 1 saturated carbocycles. The Morgan fingerprint density at radius 2 is 1.42 bits per heavy atom. The van der Waals surface area contributed by atoms with Crippen molar-refractivity contribution < 1.29 is 0 Å². The van der Waals surface area contributed by atoms with E-state index in [9.17, 15) is 0 Å². The van der Waals surface area contributed by atoms with Crippen LogP contribution in [0.3, 0.4) is 0 Å². The van der Waals surface area contributed by atoms with Gasteiger partial charge in [0, 0.05) is 11.1 Å². The summed E-state index contributed by atoms with van der Waals surface area (Å²) in [5.41, 5.74) is 0.798. The van der Waals surface area contributed by atoms with Gasteiger partial charge in [0.25, 0.3) is 0 Å². The quantitative estimate of drug-likeness (QED) is 0.537. The van der Waals surface area contributed by atoms with Crippen LogP contribution in [0.2, 0.25) is 10.0 Å². The number of nitrogens with one attached hydrogen (secondary N) is 2. The molecule has 1 aromatic rings. The lowest BCUT2D eigenvalue weighted by Gasteiger charge is -2.22. The highest BCUT2D eigenvalue weighted by Gasteiger charge is 2.12. The number of hydrogen-bond donors (Lipinski definition) is 2. The Hall–Kier alpha value is -0.510. The third-order valence-corrected chi connectivity index (χ3v) is 5.39. The summed E-state index contributed by atoms with van der Waals surface area (Å²) in [6, 6.07) is 5.85. The van der Waals surface area contributed by atoms with Crippen LogP contribution in [0.25, 0.3) is 0 Å². The summed E-state index contributed by atoms with van der Waals surface area (Å²) in [5, 5.41) is 8.56. The minimum absolute atomic E-state index is 0.454. The molecule has 1 aromatic carbocycles. The maximum atomic E-state index is 6.20. The van der Waals surface area contributed by atoms with Crippen LogP contribution in [-0.4, -0.2) is 11.2 Å². The fraction of sp³-hybridized carbons (Fsp3) is 0.632. The van der Waals surface area contributed by atoms with Crippen LogP contribution in [0.15, 0.2) is 18.2 Å². The maximum Gasteiger partial charge on any atom is 0.171 e. The molecule has 0 bridgehead atoms. The zero-order valence-corrected chi connectivity index (χ0v) is 16.6. The molecule has 5 heteroatoms. The van der Waals surface area contributed by atoms with Gasteiger partial charge in [0.2, 0.25) is 0 Å². The standard InChI is InChI=1S/C19H28Cl2N2S/c20-15-12-13-18(17(21)14-15)23-19(24)22-16-10-8-6-4-2-1-3-5-7-9-11-16/h12-14,16H,1-11H2,(H2,22,23,24). The van der Waals surface area contributed by atoms with Gasteiger partial charge >= 0.3 is 0 Å². The van der Waals surface area contributed by atoms with Gasteiger partial charge in [-0.05, 0) is 43.3 Å². The Balaban J connectivity index is 1.84. The minimum atomic E-state index is 0.454. The molecule has 0 amide bonds. The summed E-state index contributed by atoms with van der Waals surface area (Å²) >= 11 is 17.6. The SMILES string of the molecule is S=C(Nc1ccc(Cl)cc1Cl)NC1CCCCCCCCCCC1. The molecular formula is C19H28Cl2N2S. The van der Waals surface area contributed by atoms with Gasteiger partial charge in [0.05, 0.1) is 10.7 Å². The van der Waals surface area contributed by atoms with Gasteiger partial charge in [0.1, 0.15) is 0 Å². The molecule has 134 valence electrons. The van der Waals surface area contributed by atoms with E-state index < -0.39 is 0 Å². The second-order valence-corrected chi connectivity index (χ2v) is 7.93. The summed E-state index contributed by atoms with van der Waals surface area (Å²) < 4.78 is 0. The first-order valence-corrected chi connectivity index (χ1v) is 10.3. The molecule has 2 rings (SSSR count). The molecule has 2 N–H and O–H groups in total. The predicted octanol–water partition coefficient (Wildman–Crippen LogP) is 6.95. The molecule has 0 aromatic heterocycles. The molecule has 0 radical (unpaired) electrons. The van der Waals surface area contributed by atoms with E-state index in [1.807, 2.05) is 12.1 Å². The minimum Gasteiger partial charge on any atom is -0.360 e. The lowest BCUT2D eigenvalue weighted by atomic mass is 9.98. The molecule has 24 heavy (non-hydrogen) atoms. The lowest BCUT2D eigenvalue weighted by Crippen LogP contribution is -2.37. The van der Waals surface area contributed by atoms with Crippen LogP contribution in [0.4, 0.5) is 5.69 Å². The van der Waals surface area contributed by atoms with Crippen molar-refractivity contribution in [2.24, 2.45) is 0 Å². The van der Waals surface area contributed by atoms with Crippen molar-refractivity contribution in [2.75, 3.05) is 5.32 Å². The number of anilines is 1. The number of hydrogen-bond acceptors (Lipinski definition) is 1. The number of rotatable bonds is 2. The Morgan fingerprint density at radius 1 is 0.875 bits per heavy atom. The molecule has 1 aliphatic rings. The van der Waals surface area contributed by atoms with E-state index in [1.165, 1.54) is 70.6 Å². The zero-order valence-electron chi connectivity index (χ0n) is 14.3. The first kappa shape index (κ1) is 19.8. The van der Waals surface area contributed by atoms with Crippen LogP contribution in [0.5, 0.6) is 0 Å². The van der Waals surface area contributed by atoms with Crippen LogP contribution < -0.4 is 10.6 Å². The lowest BCUT2D eigenvalue weighted by molar-refractivity contribution is 0.444. The van der Waals surface area contributed by atoms with Crippen LogP contribution in [0, 0.1) is 0 Å². The summed E-state index contributed by atoms with van der Waals surface area (Å²) in [6.45, 7) is 0. The molecule has 0 saturated heterocycles. The maximum absolute atomic E-state index is 6.20.